The highest BCUT2D eigenvalue weighted by Gasteiger charge is 2.01. The van der Waals surface area contributed by atoms with Crippen LogP contribution in [-0.4, -0.2) is 67.2 Å². The number of nitrogens with one attached hydrogen (secondary N) is 4. The first-order valence-corrected chi connectivity index (χ1v) is 44.9. The molecule has 0 aliphatic carbocycles. The average Bonchev–Trinajstić information content (AvgIpc) is 1.04. The van der Waals surface area contributed by atoms with Gasteiger partial charge in [-0.05, 0) is 134 Å². The van der Waals surface area contributed by atoms with E-state index in [1.165, 1.54) is 224 Å². The summed E-state index contributed by atoms with van der Waals surface area (Å²) in [5.74, 6) is 1.60. The van der Waals surface area contributed by atoms with Crippen LogP contribution in [-0.2, 0) is 33.6 Å². The number of benzene rings is 1. The van der Waals surface area contributed by atoms with Crippen LogP contribution in [0.5, 0.6) is 0 Å². The Morgan fingerprint density at radius 3 is 0.771 bits per heavy atom. The molecule has 0 unspecified atom stereocenters. The molecule has 0 bridgehead atoms. The average molecular weight is 1530 g/mol. The van der Waals surface area contributed by atoms with Gasteiger partial charge in [0, 0.05) is 85.5 Å². The topological polar surface area (TPSA) is 168 Å². The minimum absolute atomic E-state index is 0.0680. The Balaban J connectivity index is -0.000000124. The normalized spacial score (nSPS) is 9.46. The van der Waals surface area contributed by atoms with Gasteiger partial charge in [0.05, 0.1) is 0 Å². The molecule has 0 saturated carbocycles. The summed E-state index contributed by atoms with van der Waals surface area (Å²) in [7, 11) is 0. The van der Waals surface area contributed by atoms with E-state index >= 15 is 0 Å². The van der Waals surface area contributed by atoms with E-state index in [2.05, 4.69) is 123 Å². The molecule has 0 heterocycles. The predicted octanol–water partition coefficient (Wildman–Crippen LogP) is 29.7. The first kappa shape index (κ1) is 124. The molecule has 0 aliphatic heterocycles. The summed E-state index contributed by atoms with van der Waals surface area (Å²) in [6.45, 7) is 55.3. The smallest absolute Gasteiger partial charge is 0.219 e. The molecule has 0 atom stereocenters. The maximum Gasteiger partial charge on any atom is 0.219 e. The second-order valence-electron chi connectivity index (χ2n) is 28.4. The zero-order valence-corrected chi connectivity index (χ0v) is 75.5. The van der Waals surface area contributed by atoms with Gasteiger partial charge in [-0.2, -0.15) is 0 Å². The van der Waals surface area contributed by atoms with E-state index in [0.29, 0.717) is 23.8 Å². The quantitative estimate of drug-likeness (QED) is 0.0372. The Bertz CT molecular complexity index is 2000. The van der Waals surface area contributed by atoms with Gasteiger partial charge in [-0.25, -0.2) is 0 Å². The number of carbonyl (C=O) groups excluding carboxylic acids is 7. The van der Waals surface area contributed by atoms with E-state index in [9.17, 15) is 33.6 Å². The predicted molar refractivity (Wildman–Crippen MR) is 489 cm³/mol. The molecule has 11 nitrogen and oxygen atoms in total. The van der Waals surface area contributed by atoms with Gasteiger partial charge in [0.15, 0.2) is 0 Å². The van der Waals surface area contributed by atoms with Crippen LogP contribution in [0.2, 0.25) is 0 Å². The first-order valence-electron chi connectivity index (χ1n) is 44.9. The Hall–Kier alpha value is -5.45. The van der Waals surface area contributed by atoms with Gasteiger partial charge in [0.25, 0.3) is 0 Å². The van der Waals surface area contributed by atoms with Crippen LogP contribution in [0.25, 0.3) is 6.08 Å². The maximum absolute atomic E-state index is 11.1. The fourth-order valence-electron chi connectivity index (χ4n) is 9.78. The fourth-order valence-corrected chi connectivity index (χ4v) is 9.78. The van der Waals surface area contributed by atoms with Crippen molar-refractivity contribution in [3.63, 3.8) is 0 Å². The van der Waals surface area contributed by atoms with Crippen LogP contribution < -0.4 is 21.3 Å². The van der Waals surface area contributed by atoms with Crippen molar-refractivity contribution in [3.8, 4) is 0 Å². The number of hydrogen-bond acceptors (Lipinski definition) is 7. The number of ketones is 3. The van der Waals surface area contributed by atoms with Crippen molar-refractivity contribution in [2.45, 2.75) is 451 Å². The molecular weight excluding hydrogens is 1350 g/mol. The van der Waals surface area contributed by atoms with Crippen molar-refractivity contribution in [2.75, 3.05) is 26.2 Å². The van der Waals surface area contributed by atoms with E-state index in [-0.39, 0.29) is 23.6 Å². The molecular formula is C98H188N4O7. The van der Waals surface area contributed by atoms with Crippen molar-refractivity contribution >= 4 is 47.1 Å². The third kappa shape index (κ3) is 168. The number of hydrogen-bond donors (Lipinski definition) is 4. The van der Waals surface area contributed by atoms with Crippen molar-refractivity contribution in [2.24, 2.45) is 0 Å². The Labute approximate surface area is 680 Å². The summed E-state index contributed by atoms with van der Waals surface area (Å²) in [5.41, 5.74) is 1.17. The molecule has 109 heavy (non-hydrogen) atoms. The number of amides is 4. The molecule has 0 radical (unpaired) electrons. The highest BCUT2D eigenvalue weighted by atomic mass is 16.2. The number of rotatable bonds is 61. The zero-order chi connectivity index (χ0) is 84.2. The lowest BCUT2D eigenvalue weighted by atomic mass is 10.1. The number of carbonyl (C=O) groups is 7. The largest absolute Gasteiger partial charge is 0.356 e. The lowest BCUT2D eigenvalue weighted by Crippen LogP contribution is -2.23. The van der Waals surface area contributed by atoms with Gasteiger partial charge in [-0.15, -0.1) is 32.9 Å². The Morgan fingerprint density at radius 2 is 0.505 bits per heavy atom. The van der Waals surface area contributed by atoms with Gasteiger partial charge < -0.3 is 26.1 Å². The van der Waals surface area contributed by atoms with Crippen LogP contribution in [0.15, 0.2) is 100 Å². The molecule has 0 saturated heterocycles. The minimum atomic E-state index is 0.0680. The Morgan fingerprint density at radius 1 is 0.257 bits per heavy atom. The Kier molecular flexibility index (Phi) is 144. The molecule has 4 N–H and O–H groups in total. The monoisotopic (exact) mass is 1530 g/mol. The van der Waals surface area contributed by atoms with Crippen LogP contribution in [0, 0.1) is 0 Å². The van der Waals surface area contributed by atoms with E-state index in [1.807, 2.05) is 80.6 Å². The highest BCUT2D eigenvalue weighted by Crippen LogP contribution is 2.10. The maximum atomic E-state index is 11.1. The third-order valence-corrected chi connectivity index (χ3v) is 16.5. The summed E-state index contributed by atoms with van der Waals surface area (Å²) < 4.78 is 0. The molecule has 11 heteroatoms. The van der Waals surface area contributed by atoms with Crippen LogP contribution >= 0.6 is 0 Å². The van der Waals surface area contributed by atoms with Crippen molar-refractivity contribution in [3.05, 3.63) is 106 Å². The summed E-state index contributed by atoms with van der Waals surface area (Å²) in [6, 6.07) is 10.0. The van der Waals surface area contributed by atoms with E-state index in [0.717, 1.165) is 155 Å². The first-order chi connectivity index (χ1) is 52.7. The molecule has 1 rings (SSSR count). The van der Waals surface area contributed by atoms with E-state index < -0.39 is 0 Å². The van der Waals surface area contributed by atoms with Crippen LogP contribution in [0.1, 0.15) is 456 Å². The van der Waals surface area contributed by atoms with Crippen molar-refractivity contribution < 1.29 is 33.6 Å². The van der Waals surface area contributed by atoms with Crippen LogP contribution in [0.4, 0.5) is 0 Å². The SMILES string of the molecule is C=CCCCC.C=CCCCCC(=O)CCC.C=CCCCCCCC.C=CCCCCCCNC(=O)CCC.C=CCCCCCCNC(C)=O.C=Cc1ccccc1.CCCCCCC(=O)CCC.CCCCCCC(C)=O.CCCCCCCCC.CCCCCCCCNC(C)=O.CCCCNC(C)=O. The van der Waals surface area contributed by atoms with Crippen molar-refractivity contribution in [1.29, 1.82) is 0 Å². The molecule has 0 fully saturated rings. The number of allylic oxidation sites excluding steroid dienone is 5. The lowest BCUT2D eigenvalue weighted by molar-refractivity contribution is -0.121. The fraction of sp³-hybridized carbons (Fsp3) is 0.745. The number of Topliss-reactive ketones (excluding diaryl/α,β-unsaturated/α-hetero) is 3. The van der Waals surface area contributed by atoms with E-state index in [1.54, 1.807) is 20.8 Å². The lowest BCUT2D eigenvalue weighted by Gasteiger charge is -2.03. The highest BCUT2D eigenvalue weighted by molar-refractivity contribution is 5.78. The van der Waals surface area contributed by atoms with E-state index in [4.69, 9.17) is 0 Å². The second-order valence-corrected chi connectivity index (χ2v) is 28.4. The van der Waals surface area contributed by atoms with Gasteiger partial charge in [-0.3, -0.25) is 28.8 Å². The zero-order valence-electron chi connectivity index (χ0n) is 75.5. The molecule has 1 aromatic carbocycles. The third-order valence-electron chi connectivity index (χ3n) is 16.5. The van der Waals surface area contributed by atoms with Crippen LogP contribution in [0.3, 0.4) is 0 Å². The molecule has 4 amide bonds. The van der Waals surface area contributed by atoms with Gasteiger partial charge in [0.2, 0.25) is 23.6 Å². The molecule has 1 aromatic rings. The van der Waals surface area contributed by atoms with Crippen molar-refractivity contribution in [1.82, 2.24) is 21.3 Å². The molecule has 0 aromatic heterocycles. The van der Waals surface area contributed by atoms with Gasteiger partial charge in [0.1, 0.15) is 17.3 Å². The summed E-state index contributed by atoms with van der Waals surface area (Å²) in [5, 5.41) is 11.2. The standard InChI is InChI=1S/C12H23NO.C10H21NO.C10H19NO.C10H20O.C10H18O.C9H20.C9H18.C8H16O.C8H8.C6H13NO.C6H12/c1-3-5-6-7-8-9-11-13-12(14)10-4-2;2*1-3-4-5-6-7-8-9-11-10(2)12;2*1-3-5-6-7-9-10(11)8-4-2;2*1-3-5-7-9-8-6-4-2;1-3-4-5-6-7-8(2)9;1-2-8-6-4-3-5-7-8;1-3-4-5-7-6(2)8;1-3-5-6-4-2/h3H,1,4-11H2,2H3,(H,13,14);3-9H2,1-2H3,(H,11,12);3H,1,4-9H2,2H3,(H,11,12);3-9H2,1-2H3;3H,1,4-9H2,2H3;3-9H2,1-2H3;3H,1,4-9H2,2H3;3-7H2,1-2H3;2-7H,1H2;3-5H2,1-2H3,(H,7,8);3H,1,4-6H2,2H3. The molecule has 0 spiro atoms. The summed E-state index contributed by atoms with van der Waals surface area (Å²) in [6.07, 6.45) is 75.5. The summed E-state index contributed by atoms with van der Waals surface area (Å²) in [4.78, 5) is 74.6. The number of unbranched alkanes of at least 4 members (excludes halogenated alkanes) is 35. The van der Waals surface area contributed by atoms with Gasteiger partial charge in [-0.1, -0.05) is 336 Å². The minimum Gasteiger partial charge on any atom is -0.356 e. The summed E-state index contributed by atoms with van der Waals surface area (Å²) >= 11 is 0. The molecule has 0 aliphatic rings. The molecule has 642 valence electrons. The van der Waals surface area contributed by atoms with Gasteiger partial charge >= 0.3 is 0 Å². The second kappa shape index (κ2) is 126.